The Hall–Kier alpha value is -2.76. The van der Waals surface area contributed by atoms with Crippen molar-refractivity contribution >= 4 is 35.2 Å². The Morgan fingerprint density at radius 3 is 2.29 bits per heavy atom. The molecule has 1 atom stereocenters. The molecule has 1 aliphatic rings. The minimum absolute atomic E-state index is 0.0539. The van der Waals surface area contributed by atoms with Gasteiger partial charge in [0.2, 0.25) is 11.8 Å². The van der Waals surface area contributed by atoms with Crippen LogP contribution in [0.15, 0.2) is 72.8 Å². The van der Waals surface area contributed by atoms with Crippen molar-refractivity contribution in [2.45, 2.75) is 70.3 Å². The molecule has 0 bridgehead atoms. The first kappa shape index (κ1) is 28.3. The number of hydrogen-bond donors (Lipinski definition) is 1. The van der Waals surface area contributed by atoms with Crippen molar-refractivity contribution < 1.29 is 9.59 Å². The fourth-order valence-electron chi connectivity index (χ4n) is 5.22. The number of carbonyl (C=O) groups is 2. The summed E-state index contributed by atoms with van der Waals surface area (Å²) < 4.78 is 0. The van der Waals surface area contributed by atoms with Crippen LogP contribution < -0.4 is 5.32 Å². The van der Waals surface area contributed by atoms with E-state index in [-0.39, 0.29) is 24.4 Å². The summed E-state index contributed by atoms with van der Waals surface area (Å²) in [6.07, 6.45) is 4.71. The van der Waals surface area contributed by atoms with Gasteiger partial charge in [0.15, 0.2) is 0 Å². The number of rotatable bonds is 11. The van der Waals surface area contributed by atoms with Crippen molar-refractivity contribution in [3.8, 4) is 0 Å². The number of nitrogens with zero attached hydrogens (tertiary/aromatic N) is 1. The molecule has 1 aliphatic carbocycles. The normalized spacial score (nSPS) is 14.3. The van der Waals surface area contributed by atoms with E-state index in [0.717, 1.165) is 42.6 Å². The molecule has 0 radical (unpaired) electrons. The van der Waals surface area contributed by atoms with E-state index in [1.54, 1.807) is 16.7 Å². The van der Waals surface area contributed by atoms with Gasteiger partial charge in [-0.05, 0) is 49.4 Å². The minimum atomic E-state index is -0.622. The second-order valence-electron chi connectivity index (χ2n) is 10.3. The SMILES string of the molecule is Cc1cc(C)cc(CSCC(=O)N(Cc2ccccc2Cl)[C@@H](Cc2ccccc2)C(=O)NC2CCCC2)c1. The van der Waals surface area contributed by atoms with Crippen molar-refractivity contribution in [1.29, 1.82) is 0 Å². The van der Waals surface area contributed by atoms with Gasteiger partial charge in [-0.1, -0.05) is 102 Å². The summed E-state index contributed by atoms with van der Waals surface area (Å²) in [6.45, 7) is 4.47. The Morgan fingerprint density at radius 2 is 1.61 bits per heavy atom. The van der Waals surface area contributed by atoms with Gasteiger partial charge in [0.1, 0.15) is 6.04 Å². The largest absolute Gasteiger partial charge is 0.352 e. The van der Waals surface area contributed by atoms with Crippen LogP contribution in [0.25, 0.3) is 0 Å². The second-order valence-corrected chi connectivity index (χ2v) is 11.7. The molecule has 0 aliphatic heterocycles. The lowest BCUT2D eigenvalue weighted by molar-refractivity contribution is -0.139. The maximum absolute atomic E-state index is 13.8. The number of amides is 2. The third-order valence-corrected chi connectivity index (χ3v) is 8.40. The Labute approximate surface area is 236 Å². The lowest BCUT2D eigenvalue weighted by Crippen LogP contribution is -2.52. The van der Waals surface area contributed by atoms with Gasteiger partial charge in [0, 0.05) is 29.8 Å². The molecule has 1 saturated carbocycles. The van der Waals surface area contributed by atoms with Gasteiger partial charge in [-0.25, -0.2) is 0 Å². The van der Waals surface area contributed by atoms with E-state index >= 15 is 0 Å². The summed E-state index contributed by atoms with van der Waals surface area (Å²) in [4.78, 5) is 29.3. The number of benzene rings is 3. The van der Waals surface area contributed by atoms with Crippen LogP contribution in [0.3, 0.4) is 0 Å². The van der Waals surface area contributed by atoms with Crippen LogP contribution in [0.5, 0.6) is 0 Å². The van der Waals surface area contributed by atoms with Crippen LogP contribution in [-0.4, -0.2) is 34.6 Å². The van der Waals surface area contributed by atoms with Crippen molar-refractivity contribution in [1.82, 2.24) is 10.2 Å². The van der Waals surface area contributed by atoms with Crippen LogP contribution >= 0.6 is 23.4 Å². The monoisotopic (exact) mass is 548 g/mol. The zero-order valence-electron chi connectivity index (χ0n) is 22.3. The van der Waals surface area contributed by atoms with Crippen LogP contribution in [0.2, 0.25) is 5.02 Å². The molecule has 0 aromatic heterocycles. The first-order chi connectivity index (χ1) is 18.4. The topological polar surface area (TPSA) is 49.4 Å². The molecule has 200 valence electrons. The standard InChI is InChI=1S/C32H37ClN2O2S/c1-23-16-24(2)18-26(17-23)21-38-22-31(36)35(20-27-12-6-9-15-29(27)33)30(19-25-10-4-3-5-11-25)32(37)34-28-13-7-8-14-28/h3-6,9-12,15-18,28,30H,7-8,13-14,19-22H2,1-2H3,(H,34,37)/t30-/m0/s1. The number of halogens is 1. The molecule has 3 aromatic rings. The molecule has 1 fully saturated rings. The van der Waals surface area contributed by atoms with E-state index in [4.69, 9.17) is 11.6 Å². The number of carbonyl (C=O) groups excluding carboxylic acids is 2. The van der Waals surface area contributed by atoms with E-state index < -0.39 is 6.04 Å². The van der Waals surface area contributed by atoms with E-state index in [9.17, 15) is 9.59 Å². The van der Waals surface area contributed by atoms with Gasteiger partial charge in [-0.15, -0.1) is 11.8 Å². The molecule has 2 amide bonds. The summed E-state index contributed by atoms with van der Waals surface area (Å²) in [5, 5.41) is 3.86. The van der Waals surface area contributed by atoms with Gasteiger partial charge in [0.05, 0.1) is 5.75 Å². The van der Waals surface area contributed by atoms with E-state index in [2.05, 4.69) is 37.4 Å². The number of nitrogens with one attached hydrogen (secondary N) is 1. The maximum Gasteiger partial charge on any atom is 0.243 e. The van der Waals surface area contributed by atoms with E-state index in [1.165, 1.54) is 16.7 Å². The number of thioether (sulfide) groups is 1. The van der Waals surface area contributed by atoms with Gasteiger partial charge < -0.3 is 10.2 Å². The second kappa shape index (κ2) is 13.9. The molecule has 0 saturated heterocycles. The molecular formula is C32H37ClN2O2S. The first-order valence-electron chi connectivity index (χ1n) is 13.4. The molecule has 38 heavy (non-hydrogen) atoms. The average Bonchev–Trinajstić information content (AvgIpc) is 3.40. The molecule has 4 nitrogen and oxygen atoms in total. The highest BCUT2D eigenvalue weighted by Gasteiger charge is 2.32. The number of aryl methyl sites for hydroxylation is 2. The fraction of sp³-hybridized carbons (Fsp3) is 0.375. The molecular weight excluding hydrogens is 512 g/mol. The zero-order chi connectivity index (χ0) is 26.9. The Morgan fingerprint density at radius 1 is 0.947 bits per heavy atom. The van der Waals surface area contributed by atoms with Gasteiger partial charge in [0.25, 0.3) is 0 Å². The third kappa shape index (κ3) is 8.12. The lowest BCUT2D eigenvalue weighted by Gasteiger charge is -2.32. The van der Waals surface area contributed by atoms with E-state index in [1.807, 2.05) is 54.6 Å². The van der Waals surface area contributed by atoms with Gasteiger partial charge in [-0.2, -0.15) is 0 Å². The zero-order valence-corrected chi connectivity index (χ0v) is 23.9. The summed E-state index contributed by atoms with van der Waals surface area (Å²) in [7, 11) is 0. The fourth-order valence-corrected chi connectivity index (χ4v) is 6.26. The van der Waals surface area contributed by atoms with Crippen molar-refractivity contribution in [2.75, 3.05) is 5.75 Å². The smallest absolute Gasteiger partial charge is 0.243 e. The Kier molecular flexibility index (Phi) is 10.3. The van der Waals surface area contributed by atoms with Crippen molar-refractivity contribution in [3.63, 3.8) is 0 Å². The maximum atomic E-state index is 13.8. The number of hydrogen-bond acceptors (Lipinski definition) is 3. The van der Waals surface area contributed by atoms with Crippen molar-refractivity contribution in [2.24, 2.45) is 0 Å². The third-order valence-electron chi connectivity index (χ3n) is 7.05. The summed E-state index contributed by atoms with van der Waals surface area (Å²) in [6, 6.07) is 23.6. The first-order valence-corrected chi connectivity index (χ1v) is 14.9. The Bertz CT molecular complexity index is 1210. The summed E-state index contributed by atoms with van der Waals surface area (Å²) in [5.41, 5.74) is 5.52. The van der Waals surface area contributed by atoms with Gasteiger partial charge in [-0.3, -0.25) is 9.59 Å². The molecule has 6 heteroatoms. The molecule has 0 unspecified atom stereocenters. The summed E-state index contributed by atoms with van der Waals surface area (Å²) >= 11 is 8.11. The highest BCUT2D eigenvalue weighted by Crippen LogP contribution is 2.24. The highest BCUT2D eigenvalue weighted by molar-refractivity contribution is 7.99. The quantitative estimate of drug-likeness (QED) is 0.284. The van der Waals surface area contributed by atoms with Crippen LogP contribution in [0, 0.1) is 13.8 Å². The van der Waals surface area contributed by atoms with Crippen LogP contribution in [0.1, 0.15) is 53.5 Å². The predicted molar refractivity (Wildman–Crippen MR) is 158 cm³/mol. The molecule has 4 rings (SSSR count). The highest BCUT2D eigenvalue weighted by atomic mass is 35.5. The minimum Gasteiger partial charge on any atom is -0.352 e. The van der Waals surface area contributed by atoms with E-state index in [0.29, 0.717) is 17.2 Å². The van der Waals surface area contributed by atoms with Crippen LogP contribution in [-0.2, 0) is 28.3 Å². The molecule has 0 spiro atoms. The van der Waals surface area contributed by atoms with Crippen LogP contribution in [0.4, 0.5) is 0 Å². The Balaban J connectivity index is 1.57. The molecule has 0 heterocycles. The van der Waals surface area contributed by atoms with Gasteiger partial charge >= 0.3 is 0 Å². The summed E-state index contributed by atoms with van der Waals surface area (Å²) in [5.74, 6) is 0.896. The average molecular weight is 549 g/mol. The predicted octanol–water partition coefficient (Wildman–Crippen LogP) is 6.89. The lowest BCUT2D eigenvalue weighted by atomic mass is 10.0. The molecule has 3 aromatic carbocycles. The molecule has 1 N–H and O–H groups in total. The van der Waals surface area contributed by atoms with Crippen molar-refractivity contribution in [3.05, 3.63) is 106 Å².